The van der Waals surface area contributed by atoms with Crippen LogP contribution >= 0.6 is 0 Å². The van der Waals surface area contributed by atoms with Crippen molar-refractivity contribution in [2.24, 2.45) is 0 Å². The molecule has 0 bridgehead atoms. The molecule has 3 heteroatoms. The zero-order valence-corrected chi connectivity index (χ0v) is 11.2. The molecular weight excluding hydrogens is 222 g/mol. The van der Waals surface area contributed by atoms with Gasteiger partial charge < -0.3 is 5.73 Å². The molecule has 0 atom stereocenters. The highest BCUT2D eigenvalue weighted by molar-refractivity contribution is 5.67. The van der Waals surface area contributed by atoms with Crippen molar-refractivity contribution >= 4 is 5.82 Å². The highest BCUT2D eigenvalue weighted by Gasteiger charge is 2.10. The lowest BCUT2D eigenvalue weighted by molar-refractivity contribution is 0.836. The molecule has 1 aromatic carbocycles. The van der Waals surface area contributed by atoms with Crippen molar-refractivity contribution < 1.29 is 0 Å². The Kier molecular flexibility index (Phi) is 3.60. The van der Waals surface area contributed by atoms with Crippen LogP contribution in [0.5, 0.6) is 0 Å². The molecule has 0 spiro atoms. The number of aromatic nitrogens is 2. The van der Waals surface area contributed by atoms with Crippen LogP contribution in [0.4, 0.5) is 5.82 Å². The van der Waals surface area contributed by atoms with Crippen molar-refractivity contribution in [1.82, 2.24) is 9.97 Å². The number of benzene rings is 1. The zero-order chi connectivity index (χ0) is 13.1. The Morgan fingerprint density at radius 2 is 1.72 bits per heavy atom. The molecular formula is C15H19N3. The molecule has 18 heavy (non-hydrogen) atoms. The van der Waals surface area contributed by atoms with Crippen LogP contribution in [0, 0.1) is 13.8 Å². The van der Waals surface area contributed by atoms with Crippen molar-refractivity contribution in [2.45, 2.75) is 33.6 Å². The number of anilines is 1. The van der Waals surface area contributed by atoms with Gasteiger partial charge in [0.05, 0.1) is 5.69 Å². The SMILES string of the molecule is CCCc1nc(N)c(C)c(-c2ccc(C)cc2)n1. The van der Waals surface area contributed by atoms with Crippen molar-refractivity contribution in [2.75, 3.05) is 5.73 Å². The molecule has 0 aliphatic rings. The van der Waals surface area contributed by atoms with Gasteiger partial charge in [-0.1, -0.05) is 36.8 Å². The van der Waals surface area contributed by atoms with E-state index in [1.807, 2.05) is 6.92 Å². The third-order valence-corrected chi connectivity index (χ3v) is 3.03. The topological polar surface area (TPSA) is 51.8 Å². The van der Waals surface area contributed by atoms with Crippen LogP contribution in [0.3, 0.4) is 0 Å². The lowest BCUT2D eigenvalue weighted by Gasteiger charge is -2.10. The quantitative estimate of drug-likeness (QED) is 0.897. The summed E-state index contributed by atoms with van der Waals surface area (Å²) < 4.78 is 0. The Morgan fingerprint density at radius 1 is 1.06 bits per heavy atom. The van der Waals surface area contributed by atoms with E-state index in [1.165, 1.54) is 5.56 Å². The summed E-state index contributed by atoms with van der Waals surface area (Å²) in [5.74, 6) is 1.42. The lowest BCUT2D eigenvalue weighted by Crippen LogP contribution is -2.04. The van der Waals surface area contributed by atoms with Crippen LogP contribution in [0.15, 0.2) is 24.3 Å². The summed E-state index contributed by atoms with van der Waals surface area (Å²) in [4.78, 5) is 8.96. The summed E-state index contributed by atoms with van der Waals surface area (Å²) in [6, 6.07) is 8.35. The number of aryl methyl sites for hydroxylation is 2. The fourth-order valence-electron chi connectivity index (χ4n) is 1.91. The molecule has 94 valence electrons. The summed E-state index contributed by atoms with van der Waals surface area (Å²) in [6.45, 7) is 6.17. The summed E-state index contributed by atoms with van der Waals surface area (Å²) >= 11 is 0. The first-order valence-electron chi connectivity index (χ1n) is 6.32. The van der Waals surface area contributed by atoms with Crippen molar-refractivity contribution in [3.05, 3.63) is 41.2 Å². The maximum absolute atomic E-state index is 5.97. The fraction of sp³-hybridized carbons (Fsp3) is 0.333. The van der Waals surface area contributed by atoms with Gasteiger partial charge >= 0.3 is 0 Å². The Morgan fingerprint density at radius 3 is 2.33 bits per heavy atom. The van der Waals surface area contributed by atoms with E-state index in [1.54, 1.807) is 0 Å². The van der Waals surface area contributed by atoms with Gasteiger partial charge in [-0.15, -0.1) is 0 Å². The number of nitrogen functional groups attached to an aromatic ring is 1. The zero-order valence-electron chi connectivity index (χ0n) is 11.2. The molecule has 0 aliphatic heterocycles. The second kappa shape index (κ2) is 5.17. The van der Waals surface area contributed by atoms with Gasteiger partial charge in [0.1, 0.15) is 11.6 Å². The monoisotopic (exact) mass is 241 g/mol. The second-order valence-corrected chi connectivity index (χ2v) is 4.61. The Hall–Kier alpha value is -1.90. The molecule has 0 fully saturated rings. The minimum Gasteiger partial charge on any atom is -0.383 e. The molecule has 0 amide bonds. The first-order valence-corrected chi connectivity index (χ1v) is 6.32. The number of nitrogens with two attached hydrogens (primary N) is 1. The van der Waals surface area contributed by atoms with Gasteiger partial charge in [-0.2, -0.15) is 0 Å². The summed E-state index contributed by atoms with van der Waals surface area (Å²) in [5, 5.41) is 0. The number of hydrogen-bond acceptors (Lipinski definition) is 3. The maximum Gasteiger partial charge on any atom is 0.131 e. The van der Waals surface area contributed by atoms with Gasteiger partial charge in [0.25, 0.3) is 0 Å². The third-order valence-electron chi connectivity index (χ3n) is 3.03. The summed E-state index contributed by atoms with van der Waals surface area (Å²) in [6.07, 6.45) is 1.89. The van der Waals surface area contributed by atoms with Crippen LogP contribution in [-0.4, -0.2) is 9.97 Å². The Balaban J connectivity index is 2.51. The van der Waals surface area contributed by atoms with Crippen LogP contribution in [0.1, 0.15) is 30.3 Å². The van der Waals surface area contributed by atoms with E-state index in [-0.39, 0.29) is 0 Å². The van der Waals surface area contributed by atoms with E-state index in [9.17, 15) is 0 Å². The van der Waals surface area contributed by atoms with Gasteiger partial charge in [0, 0.05) is 17.5 Å². The Bertz CT molecular complexity index is 544. The van der Waals surface area contributed by atoms with Crippen LogP contribution in [0.2, 0.25) is 0 Å². The molecule has 1 aromatic heterocycles. The van der Waals surface area contributed by atoms with E-state index < -0.39 is 0 Å². The summed E-state index contributed by atoms with van der Waals surface area (Å²) in [7, 11) is 0. The highest BCUT2D eigenvalue weighted by atomic mass is 15.0. The minimum atomic E-state index is 0.587. The van der Waals surface area contributed by atoms with Crippen molar-refractivity contribution in [3.8, 4) is 11.3 Å². The number of hydrogen-bond donors (Lipinski definition) is 1. The molecule has 0 radical (unpaired) electrons. The fourth-order valence-corrected chi connectivity index (χ4v) is 1.91. The van der Waals surface area contributed by atoms with Gasteiger partial charge in [-0.3, -0.25) is 0 Å². The number of nitrogens with zero attached hydrogens (tertiary/aromatic N) is 2. The molecule has 0 saturated heterocycles. The predicted octanol–water partition coefficient (Wildman–Crippen LogP) is 3.30. The van der Waals surface area contributed by atoms with Gasteiger partial charge in [0.15, 0.2) is 0 Å². The van der Waals surface area contributed by atoms with Gasteiger partial charge in [0.2, 0.25) is 0 Å². The molecule has 0 aliphatic carbocycles. The summed E-state index contributed by atoms with van der Waals surface area (Å²) in [5.41, 5.74) is 10.2. The molecule has 2 N–H and O–H groups in total. The smallest absolute Gasteiger partial charge is 0.131 e. The lowest BCUT2D eigenvalue weighted by atomic mass is 10.1. The first-order chi connectivity index (χ1) is 8.61. The standard InChI is InChI=1S/C15H19N3/c1-4-5-13-17-14(11(3)15(16)18-13)12-8-6-10(2)7-9-12/h6-9H,4-5H2,1-3H3,(H2,16,17,18). The number of rotatable bonds is 3. The second-order valence-electron chi connectivity index (χ2n) is 4.61. The Labute approximate surface area is 108 Å². The molecule has 0 saturated carbocycles. The molecule has 1 heterocycles. The molecule has 0 unspecified atom stereocenters. The van der Waals surface area contributed by atoms with Crippen LogP contribution in [-0.2, 0) is 6.42 Å². The predicted molar refractivity (Wildman–Crippen MR) is 75.3 cm³/mol. The minimum absolute atomic E-state index is 0.587. The molecule has 3 nitrogen and oxygen atoms in total. The van der Waals surface area contributed by atoms with Gasteiger partial charge in [-0.25, -0.2) is 9.97 Å². The maximum atomic E-state index is 5.97. The normalized spacial score (nSPS) is 10.6. The van der Waals surface area contributed by atoms with Gasteiger partial charge in [-0.05, 0) is 20.3 Å². The largest absolute Gasteiger partial charge is 0.383 e. The highest BCUT2D eigenvalue weighted by Crippen LogP contribution is 2.24. The average Bonchev–Trinajstić information content (AvgIpc) is 2.35. The van der Waals surface area contributed by atoms with E-state index in [0.29, 0.717) is 5.82 Å². The van der Waals surface area contributed by atoms with Crippen molar-refractivity contribution in [1.29, 1.82) is 0 Å². The van der Waals surface area contributed by atoms with Crippen LogP contribution < -0.4 is 5.73 Å². The van der Waals surface area contributed by atoms with E-state index >= 15 is 0 Å². The first kappa shape index (κ1) is 12.6. The molecule has 2 rings (SSSR count). The molecule has 2 aromatic rings. The average molecular weight is 241 g/mol. The van der Waals surface area contributed by atoms with E-state index in [2.05, 4.69) is 48.1 Å². The van der Waals surface area contributed by atoms with E-state index in [0.717, 1.165) is 35.5 Å². The van der Waals surface area contributed by atoms with E-state index in [4.69, 9.17) is 5.73 Å². The van der Waals surface area contributed by atoms with Crippen LogP contribution in [0.25, 0.3) is 11.3 Å². The van der Waals surface area contributed by atoms with Crippen molar-refractivity contribution in [3.63, 3.8) is 0 Å². The third kappa shape index (κ3) is 2.50.